The fraction of sp³-hybridized carbons (Fsp3) is 0.750. The summed E-state index contributed by atoms with van der Waals surface area (Å²) in [6.07, 6.45) is -2.06. The molecule has 1 unspecified atom stereocenters. The van der Waals surface area contributed by atoms with Crippen molar-refractivity contribution in [1.82, 2.24) is 14.7 Å². The molecule has 0 aliphatic carbocycles. The van der Waals surface area contributed by atoms with E-state index in [1.807, 2.05) is 13.8 Å². The lowest BCUT2D eigenvalue weighted by Gasteiger charge is -2.29. The van der Waals surface area contributed by atoms with Crippen molar-refractivity contribution in [1.29, 1.82) is 0 Å². The molecule has 0 heterocycles. The number of aliphatic hydroxyl groups excluding tert-OH is 1. The number of Topliss-reactive ketones (excluding diaryl/α,β-unsaturated/α-hetero) is 1. The van der Waals surface area contributed by atoms with Gasteiger partial charge in [-0.15, -0.1) is 0 Å². The van der Waals surface area contributed by atoms with Gasteiger partial charge in [-0.2, -0.15) is 0 Å². The highest BCUT2D eigenvalue weighted by atomic mass is 16.5. The van der Waals surface area contributed by atoms with E-state index in [2.05, 4.69) is 0 Å². The van der Waals surface area contributed by atoms with Gasteiger partial charge >= 0.3 is 18.0 Å². The second-order valence-electron chi connectivity index (χ2n) is 6.52. The Kier molecular flexibility index (Phi) is 9.11. The smallest absolute Gasteiger partial charge is 0.335 e. The van der Waals surface area contributed by atoms with Gasteiger partial charge in [0.15, 0.2) is 11.9 Å². The zero-order valence-electron chi connectivity index (χ0n) is 16.0. The summed E-state index contributed by atoms with van der Waals surface area (Å²) in [7, 11) is 5.67. The van der Waals surface area contributed by atoms with Gasteiger partial charge in [0, 0.05) is 34.6 Å². The van der Waals surface area contributed by atoms with Gasteiger partial charge in [0.25, 0.3) is 0 Å². The predicted molar refractivity (Wildman–Crippen MR) is 90.9 cm³/mol. The highest BCUT2D eigenvalue weighted by molar-refractivity contribution is 5.96. The van der Waals surface area contributed by atoms with Gasteiger partial charge in [-0.1, -0.05) is 13.8 Å². The first-order chi connectivity index (χ1) is 11.4. The fourth-order valence-corrected chi connectivity index (χ4v) is 1.79. The van der Waals surface area contributed by atoms with Crippen molar-refractivity contribution < 1.29 is 29.0 Å². The van der Waals surface area contributed by atoms with E-state index in [4.69, 9.17) is 4.74 Å². The lowest BCUT2D eigenvalue weighted by Crippen LogP contribution is -2.51. The van der Waals surface area contributed by atoms with E-state index < -0.39 is 42.4 Å². The minimum absolute atomic E-state index is 0.110. The van der Waals surface area contributed by atoms with Gasteiger partial charge in [0.05, 0.1) is 12.6 Å². The van der Waals surface area contributed by atoms with Gasteiger partial charge in [-0.25, -0.2) is 19.3 Å². The Labute approximate surface area is 148 Å². The first kappa shape index (κ1) is 22.8. The first-order valence-corrected chi connectivity index (χ1v) is 7.99. The number of esters is 1. The first-order valence-electron chi connectivity index (χ1n) is 7.99. The molecule has 0 aromatic rings. The summed E-state index contributed by atoms with van der Waals surface area (Å²) in [4.78, 5) is 51.0. The molecule has 0 radical (unpaired) electrons. The van der Waals surface area contributed by atoms with Crippen LogP contribution in [0.25, 0.3) is 0 Å². The molecule has 0 aliphatic rings. The summed E-state index contributed by atoms with van der Waals surface area (Å²) in [6, 6.07) is -2.12. The Morgan fingerprint density at radius 3 is 1.92 bits per heavy atom. The van der Waals surface area contributed by atoms with Crippen molar-refractivity contribution in [3.05, 3.63) is 0 Å². The molecule has 1 N–H and O–H groups in total. The molecule has 0 aromatic heterocycles. The third-order valence-electron chi connectivity index (χ3n) is 3.53. The molecule has 144 valence electrons. The summed E-state index contributed by atoms with van der Waals surface area (Å²) < 4.78 is 4.87. The summed E-state index contributed by atoms with van der Waals surface area (Å²) in [5, 5.41) is 9.77. The van der Waals surface area contributed by atoms with Crippen molar-refractivity contribution >= 4 is 23.8 Å². The molecule has 9 nitrogen and oxygen atoms in total. The molecule has 0 bridgehead atoms. The zero-order chi connectivity index (χ0) is 19.9. The maximum atomic E-state index is 12.2. The number of likely N-dealkylation sites (N-methyl/N-ethyl adjacent to an activating group) is 1. The van der Waals surface area contributed by atoms with Crippen LogP contribution in [-0.2, 0) is 14.3 Å². The Hall–Kier alpha value is -2.16. The van der Waals surface area contributed by atoms with Crippen LogP contribution >= 0.6 is 0 Å². The van der Waals surface area contributed by atoms with Crippen LogP contribution in [0.15, 0.2) is 0 Å². The third-order valence-corrected chi connectivity index (χ3v) is 3.53. The number of hydrogen-bond acceptors (Lipinski definition) is 6. The lowest BCUT2D eigenvalue weighted by atomic mass is 10.1. The van der Waals surface area contributed by atoms with E-state index in [0.29, 0.717) is 0 Å². The molecule has 0 saturated heterocycles. The van der Waals surface area contributed by atoms with E-state index in [-0.39, 0.29) is 12.5 Å². The number of imide groups is 1. The van der Waals surface area contributed by atoms with Crippen LogP contribution in [0.5, 0.6) is 0 Å². The van der Waals surface area contributed by atoms with Crippen molar-refractivity contribution in [3.8, 4) is 0 Å². The molecule has 25 heavy (non-hydrogen) atoms. The normalized spacial score (nSPS) is 13.0. The maximum Gasteiger partial charge on any atom is 0.335 e. The number of rotatable bonds is 7. The van der Waals surface area contributed by atoms with Crippen LogP contribution in [0, 0.1) is 5.92 Å². The maximum absolute atomic E-state index is 12.2. The molecule has 2 atom stereocenters. The fourth-order valence-electron chi connectivity index (χ4n) is 1.79. The quantitative estimate of drug-likeness (QED) is 0.666. The number of hydrogen-bond donors (Lipinski definition) is 1. The average Bonchev–Trinajstić information content (AvgIpc) is 2.55. The Bertz CT molecular complexity index is 506. The van der Waals surface area contributed by atoms with Gasteiger partial charge < -0.3 is 19.6 Å². The number of amides is 4. The molecule has 9 heteroatoms. The van der Waals surface area contributed by atoms with Crippen LogP contribution in [-0.4, -0.2) is 90.6 Å². The van der Waals surface area contributed by atoms with Crippen molar-refractivity contribution in [3.63, 3.8) is 0 Å². The summed E-state index contributed by atoms with van der Waals surface area (Å²) in [6.45, 7) is 5.30. The Morgan fingerprint density at radius 2 is 1.48 bits per heavy atom. The highest BCUT2D eigenvalue weighted by Gasteiger charge is 2.30. The number of aliphatic hydroxyl groups is 1. The van der Waals surface area contributed by atoms with Crippen LogP contribution in [0.2, 0.25) is 0 Å². The molecular weight excluding hydrogens is 330 g/mol. The zero-order valence-corrected chi connectivity index (χ0v) is 16.0. The number of urea groups is 2. The van der Waals surface area contributed by atoms with Crippen LogP contribution < -0.4 is 0 Å². The Balaban J connectivity index is 4.74. The molecule has 0 saturated carbocycles. The highest BCUT2D eigenvalue weighted by Crippen LogP contribution is 2.08. The monoisotopic (exact) mass is 359 g/mol. The summed E-state index contributed by atoms with van der Waals surface area (Å²) >= 11 is 0. The van der Waals surface area contributed by atoms with Crippen molar-refractivity contribution in [2.24, 2.45) is 5.92 Å². The van der Waals surface area contributed by atoms with Crippen molar-refractivity contribution in [2.45, 2.75) is 39.3 Å². The van der Waals surface area contributed by atoms with E-state index in [1.165, 1.54) is 40.0 Å². The SMILES string of the molecule is CC(C)COC(=O)C(O)CC(=O)[C@H](C)N(C)C(=O)N(C)C(=O)N(C)C. The predicted octanol–water partition coefficient (Wildman–Crippen LogP) is 0.559. The van der Waals surface area contributed by atoms with Gasteiger partial charge in [-0.3, -0.25) is 4.79 Å². The molecule has 4 amide bonds. The third kappa shape index (κ3) is 7.08. The van der Waals surface area contributed by atoms with Gasteiger partial charge in [-0.05, 0) is 12.8 Å². The minimum Gasteiger partial charge on any atom is -0.463 e. The number of carbonyl (C=O) groups is 4. The average molecular weight is 359 g/mol. The second kappa shape index (κ2) is 9.97. The molecule has 0 rings (SSSR count). The molecular formula is C16H29N3O6. The summed E-state index contributed by atoms with van der Waals surface area (Å²) in [5.74, 6) is -1.28. The van der Waals surface area contributed by atoms with E-state index in [0.717, 1.165) is 9.80 Å². The minimum atomic E-state index is -1.58. The van der Waals surface area contributed by atoms with Gasteiger partial charge in [0.1, 0.15) is 0 Å². The topological polar surface area (TPSA) is 107 Å². The molecule has 0 spiro atoms. The van der Waals surface area contributed by atoms with Crippen LogP contribution in [0.4, 0.5) is 9.59 Å². The lowest BCUT2D eigenvalue weighted by molar-refractivity contribution is -0.156. The largest absolute Gasteiger partial charge is 0.463 e. The number of ether oxygens (including phenoxy) is 1. The van der Waals surface area contributed by atoms with E-state index >= 15 is 0 Å². The molecule has 0 aromatic carbocycles. The van der Waals surface area contributed by atoms with Crippen LogP contribution in [0.3, 0.4) is 0 Å². The number of ketones is 1. The van der Waals surface area contributed by atoms with E-state index in [1.54, 1.807) is 0 Å². The van der Waals surface area contributed by atoms with Crippen LogP contribution in [0.1, 0.15) is 27.2 Å². The molecule has 0 aliphatic heterocycles. The number of nitrogens with zero attached hydrogens (tertiary/aromatic N) is 3. The molecule has 0 fully saturated rings. The van der Waals surface area contributed by atoms with Gasteiger partial charge in [0.2, 0.25) is 0 Å². The summed E-state index contributed by atoms with van der Waals surface area (Å²) in [5.41, 5.74) is 0. The standard InChI is InChI=1S/C16H29N3O6/c1-10(2)9-25-14(22)13(21)8-12(20)11(3)18(6)16(24)19(7)15(23)17(4)5/h10-11,13,21H,8-9H2,1-7H3/t11-,13?/m0/s1. The number of carbonyl (C=O) groups excluding carboxylic acids is 4. The van der Waals surface area contributed by atoms with Crippen molar-refractivity contribution in [2.75, 3.05) is 34.8 Å². The van der Waals surface area contributed by atoms with E-state index in [9.17, 15) is 24.3 Å². The second-order valence-corrected chi connectivity index (χ2v) is 6.52. The Morgan fingerprint density at radius 1 is 0.960 bits per heavy atom.